The Hall–Kier alpha value is -1.50. The van der Waals surface area contributed by atoms with E-state index in [1.165, 1.54) is 21.0 Å². The van der Waals surface area contributed by atoms with Gasteiger partial charge in [-0.2, -0.15) is 0 Å². The van der Waals surface area contributed by atoms with Gasteiger partial charge in [0, 0.05) is 37.3 Å². The first kappa shape index (κ1) is 43.9. The molecule has 3 heterocycles. The van der Waals surface area contributed by atoms with Crippen LogP contribution in [0.4, 0.5) is 0 Å². The molecule has 18 atom stereocenters. The van der Waals surface area contributed by atoms with Crippen molar-refractivity contribution >= 4 is 11.7 Å². The lowest BCUT2D eigenvalue weighted by molar-refractivity contribution is -0.317. The van der Waals surface area contributed by atoms with E-state index in [2.05, 4.69) is 5.16 Å². The number of oxime groups is 1. The molecule has 3 fully saturated rings. The summed E-state index contributed by atoms with van der Waals surface area (Å²) >= 11 is 0. The van der Waals surface area contributed by atoms with E-state index in [0.717, 1.165) is 0 Å². The molecule has 0 amide bonds. The van der Waals surface area contributed by atoms with Crippen molar-refractivity contribution in [2.75, 3.05) is 21.2 Å². The summed E-state index contributed by atoms with van der Waals surface area (Å²) in [4.78, 5) is 15.9. The van der Waals surface area contributed by atoms with Crippen LogP contribution in [-0.2, 0) is 33.2 Å². The van der Waals surface area contributed by atoms with Gasteiger partial charge in [-0.15, -0.1) is 0 Å². The molecule has 0 aliphatic carbocycles. The van der Waals surface area contributed by atoms with Crippen LogP contribution < -0.4 is 0 Å². The fourth-order valence-corrected chi connectivity index (χ4v) is 8.20. The van der Waals surface area contributed by atoms with Crippen molar-refractivity contribution in [1.29, 1.82) is 0 Å². The summed E-state index contributed by atoms with van der Waals surface area (Å²) in [5, 5.41) is 71.3. The van der Waals surface area contributed by atoms with E-state index in [1.807, 2.05) is 25.9 Å². The van der Waals surface area contributed by atoms with E-state index in [9.17, 15) is 35.5 Å². The minimum atomic E-state index is -1.98. The first-order valence-corrected chi connectivity index (χ1v) is 18.2. The van der Waals surface area contributed by atoms with Crippen LogP contribution in [0.5, 0.6) is 0 Å². The molecule has 3 aliphatic rings. The van der Waals surface area contributed by atoms with Crippen LogP contribution >= 0.6 is 0 Å². The Labute approximate surface area is 303 Å². The molecule has 15 nitrogen and oxygen atoms in total. The van der Waals surface area contributed by atoms with E-state index in [-0.39, 0.29) is 30.7 Å². The molecule has 6 N–H and O–H groups in total. The smallest absolute Gasteiger partial charge is 0.311 e. The van der Waals surface area contributed by atoms with Crippen LogP contribution in [0.1, 0.15) is 88.5 Å². The fourth-order valence-electron chi connectivity index (χ4n) is 8.20. The number of carbonyl (C=O) groups excluding carboxylic acids is 1. The Bertz CT molecular complexity index is 1190. The molecule has 3 saturated heterocycles. The standard InChI is InChI=1S/C36H66N2O13/c1-17-15-34(8,43)31(51-33-27(39)24(38(11)12)14-18(2)47-33)20(4)28(50-25-16-35(9,46-13)30(41)22(6)48-25)21(5)32(42)49-23(7)36(10,44)29(40)19(3)26(17)37-45/h17-25,27-31,33,39-41,43-45H,14-16H2,1-13H3/b37-26+/t17-,18-,19?,20+,21-,22+,23-,24?,25?,27?,28?,29?,30?,31?,33?,34?,35?,36?/m1/s1. The topological polar surface area (TPSA) is 209 Å². The highest BCUT2D eigenvalue weighted by Gasteiger charge is 2.53. The maximum atomic E-state index is 14.0. The summed E-state index contributed by atoms with van der Waals surface area (Å²) in [5.74, 6) is -4.26. The van der Waals surface area contributed by atoms with Gasteiger partial charge in [-0.3, -0.25) is 4.79 Å². The first-order valence-electron chi connectivity index (χ1n) is 18.2. The zero-order valence-electron chi connectivity index (χ0n) is 32.7. The third-order valence-corrected chi connectivity index (χ3v) is 11.8. The van der Waals surface area contributed by atoms with Gasteiger partial charge in [-0.05, 0) is 75.4 Å². The molecule has 0 aromatic carbocycles. The number of esters is 1. The van der Waals surface area contributed by atoms with E-state index in [1.54, 1.807) is 48.5 Å². The quantitative estimate of drug-likeness (QED) is 0.130. The number of hydrogen-bond donors (Lipinski definition) is 6. The van der Waals surface area contributed by atoms with E-state index in [4.69, 9.17) is 28.4 Å². The summed E-state index contributed by atoms with van der Waals surface area (Å²) in [5.41, 5.74) is -4.69. The highest BCUT2D eigenvalue weighted by atomic mass is 16.7. The molecule has 298 valence electrons. The van der Waals surface area contributed by atoms with Gasteiger partial charge in [-0.1, -0.05) is 25.9 Å². The Morgan fingerprint density at radius 3 is 2.04 bits per heavy atom. The molecule has 0 bridgehead atoms. The Balaban J connectivity index is 2.19. The van der Waals surface area contributed by atoms with Crippen LogP contribution in [0.2, 0.25) is 0 Å². The van der Waals surface area contributed by atoms with Crippen LogP contribution in [0.15, 0.2) is 5.16 Å². The molecule has 0 aromatic heterocycles. The number of ether oxygens (including phenoxy) is 6. The number of aliphatic hydroxyl groups excluding tert-OH is 3. The predicted octanol–water partition coefficient (Wildman–Crippen LogP) is 1.66. The summed E-state index contributed by atoms with van der Waals surface area (Å²) in [6.07, 6.45) is -9.71. The third kappa shape index (κ3) is 9.42. The number of cyclic esters (lactones) is 1. The summed E-state index contributed by atoms with van der Waals surface area (Å²) < 4.78 is 37.0. The zero-order valence-corrected chi connectivity index (χ0v) is 32.7. The lowest BCUT2D eigenvalue weighted by atomic mass is 9.74. The van der Waals surface area contributed by atoms with Crippen molar-refractivity contribution in [3.8, 4) is 0 Å². The second kappa shape index (κ2) is 16.9. The average Bonchev–Trinajstić information content (AvgIpc) is 3.04. The maximum absolute atomic E-state index is 14.0. The van der Waals surface area contributed by atoms with Crippen LogP contribution in [0, 0.1) is 23.7 Å². The van der Waals surface area contributed by atoms with Crippen molar-refractivity contribution in [3.05, 3.63) is 0 Å². The molecule has 0 radical (unpaired) electrons. The van der Waals surface area contributed by atoms with E-state index in [0.29, 0.717) is 6.42 Å². The van der Waals surface area contributed by atoms with Gasteiger partial charge < -0.3 is 64.1 Å². The molecule has 12 unspecified atom stereocenters. The van der Waals surface area contributed by atoms with Crippen molar-refractivity contribution in [3.63, 3.8) is 0 Å². The lowest BCUT2D eigenvalue weighted by Gasteiger charge is -2.49. The molecule has 0 aromatic rings. The minimum absolute atomic E-state index is 0.0674. The predicted molar refractivity (Wildman–Crippen MR) is 186 cm³/mol. The zero-order chi connectivity index (χ0) is 39.0. The Kier molecular flexibility index (Phi) is 14.5. The monoisotopic (exact) mass is 734 g/mol. The van der Waals surface area contributed by atoms with Crippen LogP contribution in [0.25, 0.3) is 0 Å². The number of nitrogens with zero attached hydrogens (tertiary/aromatic N) is 2. The van der Waals surface area contributed by atoms with Crippen molar-refractivity contribution in [2.24, 2.45) is 28.8 Å². The maximum Gasteiger partial charge on any atom is 0.311 e. The first-order chi connectivity index (χ1) is 23.4. The molecule has 51 heavy (non-hydrogen) atoms. The second-order valence-corrected chi connectivity index (χ2v) is 16.3. The van der Waals surface area contributed by atoms with Gasteiger partial charge in [0.25, 0.3) is 0 Å². The largest absolute Gasteiger partial charge is 0.459 e. The van der Waals surface area contributed by atoms with Gasteiger partial charge in [0.1, 0.15) is 23.9 Å². The summed E-state index contributed by atoms with van der Waals surface area (Å²) in [7, 11) is 5.18. The second-order valence-electron chi connectivity index (χ2n) is 16.3. The fraction of sp³-hybridized carbons (Fsp3) is 0.944. The SMILES string of the molecule is COC1(C)CC(OC2[C@H](C)C(OC3O[C@H](C)CC(N(C)C)C3O)C(C)(O)C[C@@H](C)/C(=N\O)C(C)C(O)C(C)(O)[C@@H](C)OC(=O)[C@@H]2C)O[C@@H](C)C1O. The van der Waals surface area contributed by atoms with Crippen LogP contribution in [-0.4, -0.2) is 153 Å². The number of carbonyl (C=O) groups is 1. The average molecular weight is 735 g/mol. The van der Waals surface area contributed by atoms with Gasteiger partial charge in [0.15, 0.2) is 12.6 Å². The molecular formula is C36H66N2O13. The molecule has 3 rings (SSSR count). The Morgan fingerprint density at radius 1 is 0.882 bits per heavy atom. The minimum Gasteiger partial charge on any atom is -0.459 e. The normalized spacial score (nSPS) is 50.5. The highest BCUT2D eigenvalue weighted by molar-refractivity contribution is 5.88. The summed E-state index contributed by atoms with van der Waals surface area (Å²) in [6.45, 7) is 16.3. The molecule has 0 saturated carbocycles. The highest BCUT2D eigenvalue weighted by Crippen LogP contribution is 2.40. The summed E-state index contributed by atoms with van der Waals surface area (Å²) in [6, 6.07) is -0.322. The third-order valence-electron chi connectivity index (χ3n) is 11.8. The Morgan fingerprint density at radius 2 is 1.49 bits per heavy atom. The number of likely N-dealkylation sites (N-methyl/N-ethyl adjacent to an activating group) is 1. The van der Waals surface area contributed by atoms with Crippen LogP contribution in [0.3, 0.4) is 0 Å². The lowest BCUT2D eigenvalue weighted by Crippen LogP contribution is -2.61. The van der Waals surface area contributed by atoms with E-state index >= 15 is 0 Å². The van der Waals surface area contributed by atoms with Gasteiger partial charge in [0.05, 0.1) is 53.4 Å². The molecular weight excluding hydrogens is 668 g/mol. The number of hydrogen-bond acceptors (Lipinski definition) is 15. The van der Waals surface area contributed by atoms with Gasteiger partial charge >= 0.3 is 5.97 Å². The van der Waals surface area contributed by atoms with Gasteiger partial charge in [0.2, 0.25) is 0 Å². The van der Waals surface area contributed by atoms with E-state index < -0.39 is 102 Å². The number of aliphatic hydroxyl groups is 5. The molecule has 0 spiro atoms. The molecule has 3 aliphatic heterocycles. The van der Waals surface area contributed by atoms with Crippen molar-refractivity contribution in [2.45, 2.75) is 173 Å². The number of rotatable bonds is 6. The van der Waals surface area contributed by atoms with Crippen molar-refractivity contribution < 1.29 is 64.0 Å². The van der Waals surface area contributed by atoms with Gasteiger partial charge in [-0.25, -0.2) is 0 Å². The number of methoxy groups -OCH3 is 1. The molecule has 15 heteroatoms. The van der Waals surface area contributed by atoms with Crippen molar-refractivity contribution in [1.82, 2.24) is 4.90 Å².